The van der Waals surface area contributed by atoms with Crippen molar-refractivity contribution in [1.82, 2.24) is 10.2 Å². The fourth-order valence-electron chi connectivity index (χ4n) is 2.54. The predicted molar refractivity (Wildman–Crippen MR) is 98.5 cm³/mol. The van der Waals surface area contributed by atoms with Crippen molar-refractivity contribution in [2.75, 3.05) is 53.1 Å². The number of carbonyl (C=O) groups excluding carboxylic acids is 1. The highest BCUT2D eigenvalue weighted by molar-refractivity contribution is 6.32. The van der Waals surface area contributed by atoms with Gasteiger partial charge in [0.05, 0.1) is 32.0 Å². The molecule has 1 amide bonds. The number of ether oxygens (including phenoxy) is 3. The Labute approximate surface area is 153 Å². The molecule has 1 aliphatic heterocycles. The summed E-state index contributed by atoms with van der Waals surface area (Å²) >= 11 is 6.20. The molecule has 1 saturated heterocycles. The summed E-state index contributed by atoms with van der Waals surface area (Å²) in [4.78, 5) is 14.2. The molecule has 138 valence electrons. The second-order valence-corrected chi connectivity index (χ2v) is 5.95. The maximum Gasteiger partial charge on any atom is 0.244 e. The molecule has 1 aromatic carbocycles. The first kappa shape index (κ1) is 19.6. The Morgan fingerprint density at radius 1 is 1.40 bits per heavy atom. The Morgan fingerprint density at radius 2 is 2.16 bits per heavy atom. The summed E-state index contributed by atoms with van der Waals surface area (Å²) in [5.74, 6) is 0.915. The van der Waals surface area contributed by atoms with Gasteiger partial charge in [-0.15, -0.1) is 0 Å². The molecule has 1 aliphatic rings. The molecule has 0 atom stereocenters. The number of methoxy groups -OCH3 is 1. The number of hydrogen-bond acceptors (Lipinski definition) is 5. The van der Waals surface area contributed by atoms with Crippen molar-refractivity contribution in [3.05, 3.63) is 28.8 Å². The molecule has 2 rings (SSSR count). The van der Waals surface area contributed by atoms with Gasteiger partial charge in [0.1, 0.15) is 0 Å². The number of amides is 1. The number of benzene rings is 1. The molecule has 25 heavy (non-hydrogen) atoms. The number of carbonyl (C=O) groups is 1. The van der Waals surface area contributed by atoms with Crippen LogP contribution in [0.3, 0.4) is 0 Å². The monoisotopic (exact) mass is 368 g/mol. The van der Waals surface area contributed by atoms with Crippen molar-refractivity contribution in [2.45, 2.75) is 6.92 Å². The molecule has 0 saturated carbocycles. The molecular weight excluding hydrogens is 344 g/mol. The highest BCUT2D eigenvalue weighted by atomic mass is 35.5. The van der Waals surface area contributed by atoms with Gasteiger partial charge in [-0.25, -0.2) is 0 Å². The standard InChI is InChI=1S/C18H25ClN2O4/c1-3-25-16-13-14(12-15(19)18(16)23-2)4-5-17(22)20-6-7-21-8-10-24-11-9-21/h4-5,12-13H,3,6-11H2,1-2H3,(H,20,22)/b5-4+. The van der Waals surface area contributed by atoms with E-state index in [1.165, 1.54) is 6.08 Å². The van der Waals surface area contributed by atoms with Gasteiger partial charge < -0.3 is 19.5 Å². The van der Waals surface area contributed by atoms with Crippen LogP contribution in [-0.2, 0) is 9.53 Å². The predicted octanol–water partition coefficient (Wildman–Crippen LogP) is 2.21. The lowest BCUT2D eigenvalue weighted by molar-refractivity contribution is -0.116. The molecule has 1 aromatic rings. The molecule has 0 aliphatic carbocycles. The summed E-state index contributed by atoms with van der Waals surface area (Å²) < 4.78 is 16.1. The molecule has 1 N–H and O–H groups in total. The van der Waals surface area contributed by atoms with E-state index in [1.54, 1.807) is 25.3 Å². The third-order valence-corrected chi connectivity index (χ3v) is 4.07. The Hall–Kier alpha value is -1.76. The van der Waals surface area contributed by atoms with Crippen molar-refractivity contribution >= 4 is 23.6 Å². The fraction of sp³-hybridized carbons (Fsp3) is 0.500. The quantitative estimate of drug-likeness (QED) is 0.713. The third-order valence-electron chi connectivity index (χ3n) is 3.79. The zero-order chi connectivity index (χ0) is 18.1. The SMILES string of the molecule is CCOc1cc(/C=C/C(=O)NCCN2CCOCC2)cc(Cl)c1OC. The molecule has 0 spiro atoms. The Morgan fingerprint density at radius 3 is 2.84 bits per heavy atom. The van der Waals surface area contributed by atoms with Crippen molar-refractivity contribution in [2.24, 2.45) is 0 Å². The van der Waals surface area contributed by atoms with Crippen LogP contribution in [0.15, 0.2) is 18.2 Å². The summed E-state index contributed by atoms with van der Waals surface area (Å²) in [5.41, 5.74) is 0.776. The van der Waals surface area contributed by atoms with Crippen LogP contribution >= 0.6 is 11.6 Å². The Kier molecular flexibility index (Phi) is 8.04. The van der Waals surface area contributed by atoms with Gasteiger partial charge in [0.25, 0.3) is 0 Å². The average Bonchev–Trinajstić information content (AvgIpc) is 2.61. The van der Waals surface area contributed by atoms with Crippen molar-refractivity contribution in [3.8, 4) is 11.5 Å². The first-order valence-electron chi connectivity index (χ1n) is 8.40. The topological polar surface area (TPSA) is 60.0 Å². The number of halogens is 1. The van der Waals surface area contributed by atoms with Gasteiger partial charge in [0.2, 0.25) is 5.91 Å². The van der Waals surface area contributed by atoms with E-state index in [9.17, 15) is 4.79 Å². The van der Waals surface area contributed by atoms with Gasteiger partial charge in [0, 0.05) is 32.3 Å². The van der Waals surface area contributed by atoms with Gasteiger partial charge in [-0.05, 0) is 30.7 Å². The van der Waals surface area contributed by atoms with Crippen LogP contribution in [0.5, 0.6) is 11.5 Å². The summed E-state index contributed by atoms with van der Waals surface area (Å²) in [6.45, 7) is 7.16. The molecule has 1 fully saturated rings. The largest absolute Gasteiger partial charge is 0.491 e. The molecule has 6 nitrogen and oxygen atoms in total. The summed E-state index contributed by atoms with van der Waals surface area (Å²) in [5, 5.41) is 3.33. The molecule has 1 heterocycles. The minimum absolute atomic E-state index is 0.141. The van der Waals surface area contributed by atoms with Gasteiger partial charge in [0.15, 0.2) is 11.5 Å². The van der Waals surface area contributed by atoms with E-state index in [2.05, 4.69) is 10.2 Å². The van der Waals surface area contributed by atoms with E-state index in [4.69, 9.17) is 25.8 Å². The number of morpholine rings is 1. The van der Waals surface area contributed by atoms with Gasteiger partial charge in [-0.1, -0.05) is 11.6 Å². The van der Waals surface area contributed by atoms with E-state index in [1.807, 2.05) is 6.92 Å². The lowest BCUT2D eigenvalue weighted by Crippen LogP contribution is -2.41. The van der Waals surface area contributed by atoms with E-state index < -0.39 is 0 Å². The van der Waals surface area contributed by atoms with Crippen LogP contribution in [0.2, 0.25) is 5.02 Å². The van der Waals surface area contributed by atoms with Crippen molar-refractivity contribution < 1.29 is 19.0 Å². The lowest BCUT2D eigenvalue weighted by Gasteiger charge is -2.26. The van der Waals surface area contributed by atoms with Gasteiger partial charge in [-0.2, -0.15) is 0 Å². The normalized spacial score (nSPS) is 15.3. The smallest absolute Gasteiger partial charge is 0.244 e. The van der Waals surface area contributed by atoms with Gasteiger partial charge >= 0.3 is 0 Å². The lowest BCUT2D eigenvalue weighted by atomic mass is 10.2. The van der Waals surface area contributed by atoms with Gasteiger partial charge in [-0.3, -0.25) is 9.69 Å². The van der Waals surface area contributed by atoms with E-state index in [0.29, 0.717) is 29.7 Å². The minimum Gasteiger partial charge on any atom is -0.491 e. The van der Waals surface area contributed by atoms with Crippen molar-refractivity contribution in [3.63, 3.8) is 0 Å². The average molecular weight is 369 g/mol. The molecular formula is C18H25ClN2O4. The minimum atomic E-state index is -0.141. The van der Waals surface area contributed by atoms with E-state index >= 15 is 0 Å². The summed E-state index contributed by atoms with van der Waals surface area (Å²) in [6.07, 6.45) is 3.20. The zero-order valence-electron chi connectivity index (χ0n) is 14.7. The summed E-state index contributed by atoms with van der Waals surface area (Å²) in [7, 11) is 1.54. The molecule has 0 bridgehead atoms. The number of nitrogens with zero attached hydrogens (tertiary/aromatic N) is 1. The van der Waals surface area contributed by atoms with Crippen LogP contribution in [0, 0.1) is 0 Å². The summed E-state index contributed by atoms with van der Waals surface area (Å²) in [6, 6.07) is 3.53. The van der Waals surface area contributed by atoms with Crippen molar-refractivity contribution in [1.29, 1.82) is 0 Å². The third kappa shape index (κ3) is 6.23. The highest BCUT2D eigenvalue weighted by Gasteiger charge is 2.11. The Bertz CT molecular complexity index is 601. The molecule has 0 unspecified atom stereocenters. The second-order valence-electron chi connectivity index (χ2n) is 5.55. The van der Waals surface area contributed by atoms with Crippen LogP contribution in [0.4, 0.5) is 0 Å². The van der Waals surface area contributed by atoms with E-state index in [0.717, 1.165) is 38.4 Å². The molecule has 0 radical (unpaired) electrons. The number of rotatable bonds is 8. The maximum atomic E-state index is 11.9. The first-order valence-corrected chi connectivity index (χ1v) is 8.78. The first-order chi connectivity index (χ1) is 12.1. The van der Waals surface area contributed by atoms with E-state index in [-0.39, 0.29) is 5.91 Å². The molecule has 7 heteroatoms. The Balaban J connectivity index is 1.88. The number of nitrogens with one attached hydrogen (secondary N) is 1. The van der Waals surface area contributed by atoms with Crippen LogP contribution < -0.4 is 14.8 Å². The zero-order valence-corrected chi connectivity index (χ0v) is 15.5. The van der Waals surface area contributed by atoms with Crippen LogP contribution in [0.25, 0.3) is 6.08 Å². The maximum absolute atomic E-state index is 11.9. The van der Waals surface area contributed by atoms with Crippen LogP contribution in [-0.4, -0.2) is 63.9 Å². The second kappa shape index (κ2) is 10.3. The van der Waals surface area contributed by atoms with Crippen LogP contribution in [0.1, 0.15) is 12.5 Å². The molecule has 0 aromatic heterocycles. The highest BCUT2D eigenvalue weighted by Crippen LogP contribution is 2.36. The fourth-order valence-corrected chi connectivity index (χ4v) is 2.83. The number of hydrogen-bond donors (Lipinski definition) is 1.